The summed E-state index contributed by atoms with van der Waals surface area (Å²) in [5, 5.41) is 3.34. The third kappa shape index (κ3) is 3.93. The van der Waals surface area contributed by atoms with Crippen molar-refractivity contribution >= 4 is 5.95 Å². The van der Waals surface area contributed by atoms with Crippen molar-refractivity contribution in [2.24, 2.45) is 5.41 Å². The molecule has 1 atom stereocenters. The van der Waals surface area contributed by atoms with E-state index >= 15 is 0 Å². The summed E-state index contributed by atoms with van der Waals surface area (Å²) < 4.78 is 7.53. The first kappa shape index (κ1) is 19.3. The molecule has 3 heterocycles. The average Bonchev–Trinajstić information content (AvgIpc) is 2.74. The van der Waals surface area contributed by atoms with Gasteiger partial charge < -0.3 is 10.1 Å². The largest absolute Gasteiger partial charge is 0.376 e. The van der Waals surface area contributed by atoms with Crippen LogP contribution in [-0.2, 0) is 17.7 Å². The highest BCUT2D eigenvalue weighted by Crippen LogP contribution is 2.30. The van der Waals surface area contributed by atoms with Crippen LogP contribution in [0, 0.1) is 5.41 Å². The molecule has 3 aromatic rings. The summed E-state index contributed by atoms with van der Waals surface area (Å²) in [4.78, 5) is 22.6. The third-order valence-corrected chi connectivity index (χ3v) is 5.37. The van der Waals surface area contributed by atoms with Gasteiger partial charge in [0.05, 0.1) is 11.8 Å². The van der Waals surface area contributed by atoms with Gasteiger partial charge in [0.1, 0.15) is 0 Å². The second-order valence-electron chi connectivity index (χ2n) is 8.25. The van der Waals surface area contributed by atoms with Crippen molar-refractivity contribution in [3.8, 4) is 11.3 Å². The molecule has 0 saturated carbocycles. The monoisotopic (exact) mass is 390 g/mol. The summed E-state index contributed by atoms with van der Waals surface area (Å²) in [6.45, 7) is 5.70. The molecule has 0 radical (unpaired) electrons. The van der Waals surface area contributed by atoms with Gasteiger partial charge in [0.2, 0.25) is 5.95 Å². The summed E-state index contributed by atoms with van der Waals surface area (Å²) in [6, 6.07) is 13.8. The fraction of sp³-hybridized carbons (Fsp3) is 0.348. The van der Waals surface area contributed by atoms with Gasteiger partial charge in [-0.2, -0.15) is 0 Å². The molecule has 0 bridgehead atoms. The molecule has 0 unspecified atom stereocenters. The Kier molecular flexibility index (Phi) is 5.20. The van der Waals surface area contributed by atoms with Gasteiger partial charge in [0.15, 0.2) is 0 Å². The minimum Gasteiger partial charge on any atom is -0.376 e. The molecule has 6 nitrogen and oxygen atoms in total. The van der Waals surface area contributed by atoms with Crippen LogP contribution >= 0.6 is 0 Å². The number of anilines is 1. The molecule has 0 spiro atoms. The van der Waals surface area contributed by atoms with Crippen LogP contribution in [0.2, 0.25) is 0 Å². The average molecular weight is 390 g/mol. The van der Waals surface area contributed by atoms with E-state index in [1.165, 1.54) is 0 Å². The maximum atomic E-state index is 13.6. The topological polar surface area (TPSA) is 69.0 Å². The van der Waals surface area contributed by atoms with E-state index in [1.807, 2.05) is 42.5 Å². The Morgan fingerprint density at radius 1 is 1.17 bits per heavy atom. The molecule has 2 aromatic heterocycles. The maximum absolute atomic E-state index is 13.6. The Morgan fingerprint density at radius 2 is 1.90 bits per heavy atom. The second-order valence-corrected chi connectivity index (χ2v) is 8.25. The quantitative estimate of drug-likeness (QED) is 0.720. The van der Waals surface area contributed by atoms with Crippen LogP contribution in [0.25, 0.3) is 11.3 Å². The predicted octanol–water partition coefficient (Wildman–Crippen LogP) is 3.69. The van der Waals surface area contributed by atoms with Crippen LogP contribution in [0.4, 0.5) is 5.95 Å². The van der Waals surface area contributed by atoms with E-state index in [1.54, 1.807) is 24.1 Å². The van der Waals surface area contributed by atoms with E-state index in [0.717, 1.165) is 17.7 Å². The number of nitrogens with one attached hydrogen (secondary N) is 1. The van der Waals surface area contributed by atoms with Gasteiger partial charge in [-0.3, -0.25) is 14.3 Å². The Balaban J connectivity index is 1.85. The van der Waals surface area contributed by atoms with Crippen LogP contribution in [0.3, 0.4) is 0 Å². The Bertz CT molecular complexity index is 1050. The van der Waals surface area contributed by atoms with E-state index < -0.39 is 0 Å². The van der Waals surface area contributed by atoms with Gasteiger partial charge in [-0.15, -0.1) is 0 Å². The normalized spacial score (nSPS) is 16.0. The molecular formula is C23H26N4O2. The number of ether oxygens (including phenoxy) is 1. The molecule has 4 rings (SSSR count). The van der Waals surface area contributed by atoms with Crippen molar-refractivity contribution in [2.45, 2.75) is 32.9 Å². The van der Waals surface area contributed by atoms with Crippen molar-refractivity contribution in [3.63, 3.8) is 0 Å². The summed E-state index contributed by atoms with van der Waals surface area (Å²) in [5.41, 5.74) is 3.24. The standard InChI is InChI=1S/C23H26N4O2/c1-23(2)14-25-22-26-20(17-9-11-24-12-10-17)18(21(28)27(22)15-23)13-19(29-3)16-7-5-4-6-8-16/h4-12,19H,13-15H2,1-3H3,(H,25,26)/t19-/m1/s1. The van der Waals surface area contributed by atoms with Gasteiger partial charge in [-0.25, -0.2) is 4.98 Å². The van der Waals surface area contributed by atoms with Crippen LogP contribution in [0.1, 0.15) is 31.1 Å². The lowest BCUT2D eigenvalue weighted by Gasteiger charge is -2.33. The molecule has 150 valence electrons. The summed E-state index contributed by atoms with van der Waals surface area (Å²) in [5.74, 6) is 0.624. The fourth-order valence-corrected chi connectivity index (χ4v) is 3.80. The fourth-order valence-electron chi connectivity index (χ4n) is 3.80. The number of nitrogens with zero attached hydrogens (tertiary/aromatic N) is 3. The van der Waals surface area contributed by atoms with Crippen LogP contribution in [-0.4, -0.2) is 28.2 Å². The Hall–Kier alpha value is -2.99. The number of fused-ring (bicyclic) bond motifs is 1. The SMILES string of the molecule is CO[C@H](Cc1c(-c2ccncc2)nc2n(c1=O)CC(C)(C)CN2)c1ccccc1. The lowest BCUT2D eigenvalue weighted by atomic mass is 9.91. The van der Waals surface area contributed by atoms with Gasteiger partial charge in [-0.05, 0) is 17.7 Å². The van der Waals surface area contributed by atoms with E-state index in [2.05, 4.69) is 24.1 Å². The zero-order chi connectivity index (χ0) is 20.4. The lowest BCUT2D eigenvalue weighted by molar-refractivity contribution is 0.103. The molecule has 29 heavy (non-hydrogen) atoms. The predicted molar refractivity (Wildman–Crippen MR) is 114 cm³/mol. The number of methoxy groups -OCH3 is 1. The smallest absolute Gasteiger partial charge is 0.258 e. The van der Waals surface area contributed by atoms with Gasteiger partial charge in [-0.1, -0.05) is 44.2 Å². The maximum Gasteiger partial charge on any atom is 0.258 e. The minimum absolute atomic E-state index is 0.0138. The number of hydrogen-bond donors (Lipinski definition) is 1. The Labute approximate surface area is 170 Å². The summed E-state index contributed by atoms with van der Waals surface area (Å²) in [6.07, 6.45) is 3.67. The zero-order valence-corrected chi connectivity index (χ0v) is 17.1. The molecule has 1 aliphatic heterocycles. The molecule has 1 aromatic carbocycles. The molecular weight excluding hydrogens is 364 g/mol. The zero-order valence-electron chi connectivity index (χ0n) is 17.1. The lowest BCUT2D eigenvalue weighted by Crippen LogP contribution is -2.42. The van der Waals surface area contributed by atoms with Crippen molar-refractivity contribution in [1.29, 1.82) is 0 Å². The van der Waals surface area contributed by atoms with Crippen molar-refractivity contribution in [3.05, 3.63) is 76.3 Å². The van der Waals surface area contributed by atoms with E-state index in [4.69, 9.17) is 9.72 Å². The van der Waals surface area contributed by atoms with E-state index in [9.17, 15) is 4.79 Å². The number of aromatic nitrogens is 3. The van der Waals surface area contributed by atoms with Crippen LogP contribution in [0.15, 0.2) is 59.7 Å². The first-order chi connectivity index (χ1) is 14.0. The third-order valence-electron chi connectivity index (χ3n) is 5.37. The highest BCUT2D eigenvalue weighted by molar-refractivity contribution is 5.64. The number of rotatable bonds is 5. The molecule has 6 heteroatoms. The van der Waals surface area contributed by atoms with E-state index in [-0.39, 0.29) is 17.1 Å². The minimum atomic E-state index is -0.227. The molecule has 0 aliphatic carbocycles. The van der Waals surface area contributed by atoms with Gasteiger partial charge in [0.25, 0.3) is 5.56 Å². The number of benzene rings is 1. The van der Waals surface area contributed by atoms with Gasteiger partial charge >= 0.3 is 0 Å². The molecule has 0 fully saturated rings. The van der Waals surface area contributed by atoms with Crippen molar-refractivity contribution in [2.75, 3.05) is 19.0 Å². The molecule has 0 amide bonds. The van der Waals surface area contributed by atoms with E-state index in [0.29, 0.717) is 30.2 Å². The van der Waals surface area contributed by atoms with Crippen molar-refractivity contribution < 1.29 is 4.74 Å². The number of hydrogen-bond acceptors (Lipinski definition) is 5. The highest BCUT2D eigenvalue weighted by atomic mass is 16.5. The van der Waals surface area contributed by atoms with Crippen molar-refractivity contribution in [1.82, 2.24) is 14.5 Å². The Morgan fingerprint density at radius 3 is 2.59 bits per heavy atom. The first-order valence-corrected chi connectivity index (χ1v) is 9.84. The second kappa shape index (κ2) is 7.79. The van der Waals surface area contributed by atoms with Gasteiger partial charge in [0, 0.05) is 55.6 Å². The molecule has 0 saturated heterocycles. The molecule has 1 aliphatic rings. The highest BCUT2D eigenvalue weighted by Gasteiger charge is 2.29. The molecule has 1 N–H and O–H groups in total. The van der Waals surface area contributed by atoms with Crippen LogP contribution in [0.5, 0.6) is 0 Å². The number of pyridine rings is 1. The van der Waals surface area contributed by atoms with Crippen LogP contribution < -0.4 is 10.9 Å². The summed E-state index contributed by atoms with van der Waals surface area (Å²) >= 11 is 0. The first-order valence-electron chi connectivity index (χ1n) is 9.84. The summed E-state index contributed by atoms with van der Waals surface area (Å²) in [7, 11) is 1.68.